The molecule has 0 unspecified atom stereocenters. The predicted molar refractivity (Wildman–Crippen MR) is 121 cm³/mol. The third-order valence-electron chi connectivity index (χ3n) is 5.51. The fourth-order valence-corrected chi connectivity index (χ4v) is 5.30. The number of hydrogen-bond donors (Lipinski definition) is 1. The molecule has 1 aliphatic heterocycles. The maximum atomic E-state index is 12.9. The zero-order valence-electron chi connectivity index (χ0n) is 18.4. The van der Waals surface area contributed by atoms with Gasteiger partial charge in [-0.15, -0.1) is 0 Å². The van der Waals surface area contributed by atoms with Crippen LogP contribution in [-0.4, -0.2) is 49.0 Å². The van der Waals surface area contributed by atoms with Crippen LogP contribution in [0.15, 0.2) is 57.9 Å². The van der Waals surface area contributed by atoms with Gasteiger partial charge in [-0.05, 0) is 43.0 Å². The number of hydrogen-bond acceptors (Lipinski definition) is 7. The molecule has 1 fully saturated rings. The molecule has 2 aromatic carbocycles. The minimum atomic E-state index is -3.54. The summed E-state index contributed by atoms with van der Waals surface area (Å²) in [5, 5.41) is 6.69. The zero-order valence-corrected chi connectivity index (χ0v) is 19.2. The van der Waals surface area contributed by atoms with Gasteiger partial charge in [-0.1, -0.05) is 35.5 Å². The Balaban J connectivity index is 1.36. The van der Waals surface area contributed by atoms with E-state index in [0.717, 1.165) is 18.4 Å². The summed E-state index contributed by atoms with van der Waals surface area (Å²) in [7, 11) is -2.02. The van der Waals surface area contributed by atoms with Gasteiger partial charge in [0.1, 0.15) is 5.75 Å². The van der Waals surface area contributed by atoms with Gasteiger partial charge in [0.2, 0.25) is 27.6 Å². The van der Waals surface area contributed by atoms with E-state index in [1.165, 1.54) is 11.4 Å². The number of carbonyl (C=O) groups is 1. The first-order chi connectivity index (χ1) is 16.0. The quantitative estimate of drug-likeness (QED) is 0.511. The van der Waals surface area contributed by atoms with E-state index in [9.17, 15) is 13.2 Å². The molecule has 3 aromatic rings. The van der Waals surface area contributed by atoms with Crippen LogP contribution >= 0.6 is 0 Å². The van der Waals surface area contributed by atoms with Gasteiger partial charge >= 0.3 is 0 Å². The summed E-state index contributed by atoms with van der Waals surface area (Å²) in [6.45, 7) is 1.18. The first kappa shape index (κ1) is 22.9. The van der Waals surface area contributed by atoms with E-state index in [2.05, 4.69) is 15.5 Å². The molecule has 0 atom stereocenters. The lowest BCUT2D eigenvalue weighted by Gasteiger charge is -2.17. The largest absolute Gasteiger partial charge is 0.496 e. The standard InChI is InChI=1S/C23H26N4O5S/c1-31-20-11-10-19(33(29,30)27-13-5-6-14-27)15-18(20)9-12-21(28)24-16-22-25-23(26-32-22)17-7-3-2-4-8-17/h2-4,7-8,10-11,15H,5-6,9,12-14,16H2,1H3,(H,24,28). The Hall–Kier alpha value is -3.24. The lowest BCUT2D eigenvalue weighted by molar-refractivity contribution is -0.121. The second-order valence-corrected chi connectivity index (χ2v) is 9.68. The van der Waals surface area contributed by atoms with Crippen LogP contribution in [0.3, 0.4) is 0 Å². The number of methoxy groups -OCH3 is 1. The third kappa shape index (κ3) is 5.40. The monoisotopic (exact) mass is 470 g/mol. The number of rotatable bonds is 9. The maximum absolute atomic E-state index is 12.9. The molecule has 0 bridgehead atoms. The van der Waals surface area contributed by atoms with Crippen LogP contribution in [0.25, 0.3) is 11.4 Å². The van der Waals surface area contributed by atoms with Crippen molar-refractivity contribution in [3.63, 3.8) is 0 Å². The van der Waals surface area contributed by atoms with E-state index in [4.69, 9.17) is 9.26 Å². The molecule has 1 amide bonds. The number of nitrogens with one attached hydrogen (secondary N) is 1. The highest BCUT2D eigenvalue weighted by Crippen LogP contribution is 2.27. The van der Waals surface area contributed by atoms with Gasteiger partial charge in [0, 0.05) is 25.1 Å². The highest BCUT2D eigenvalue weighted by molar-refractivity contribution is 7.89. The molecule has 10 heteroatoms. The molecule has 4 rings (SSSR count). The molecule has 0 saturated carbocycles. The predicted octanol–water partition coefficient (Wildman–Crippen LogP) is 2.78. The Morgan fingerprint density at radius 1 is 1.15 bits per heavy atom. The fraction of sp³-hybridized carbons (Fsp3) is 0.348. The molecule has 1 saturated heterocycles. The van der Waals surface area contributed by atoms with Crippen molar-refractivity contribution in [1.82, 2.24) is 19.8 Å². The molecule has 1 aliphatic rings. The Kier molecular flexibility index (Phi) is 7.05. The second-order valence-electron chi connectivity index (χ2n) is 7.74. The van der Waals surface area contributed by atoms with Crippen molar-refractivity contribution in [3.8, 4) is 17.1 Å². The first-order valence-electron chi connectivity index (χ1n) is 10.8. The Morgan fingerprint density at radius 2 is 1.91 bits per heavy atom. The van der Waals surface area contributed by atoms with E-state index in [1.807, 2.05) is 30.3 Å². The van der Waals surface area contributed by atoms with Gasteiger partial charge < -0.3 is 14.6 Å². The summed E-state index contributed by atoms with van der Waals surface area (Å²) < 4.78 is 37.8. The number of nitrogens with zero attached hydrogens (tertiary/aromatic N) is 3. The van der Waals surface area contributed by atoms with Crippen molar-refractivity contribution in [2.75, 3.05) is 20.2 Å². The molecule has 1 aromatic heterocycles. The van der Waals surface area contributed by atoms with Crippen molar-refractivity contribution < 1.29 is 22.5 Å². The van der Waals surface area contributed by atoms with E-state index in [1.54, 1.807) is 18.2 Å². The van der Waals surface area contributed by atoms with Crippen LogP contribution in [0.4, 0.5) is 0 Å². The van der Waals surface area contributed by atoms with Crippen molar-refractivity contribution in [2.24, 2.45) is 0 Å². The molecule has 9 nitrogen and oxygen atoms in total. The molecule has 0 radical (unpaired) electrons. The molecule has 0 spiro atoms. The van der Waals surface area contributed by atoms with Crippen LogP contribution < -0.4 is 10.1 Å². The summed E-state index contributed by atoms with van der Waals surface area (Å²) in [5.41, 5.74) is 1.49. The highest BCUT2D eigenvalue weighted by atomic mass is 32.2. The number of amides is 1. The minimum Gasteiger partial charge on any atom is -0.496 e. The number of aromatic nitrogens is 2. The number of benzene rings is 2. The van der Waals surface area contributed by atoms with E-state index < -0.39 is 10.0 Å². The number of ether oxygens (including phenoxy) is 1. The van der Waals surface area contributed by atoms with Gasteiger partial charge in [0.25, 0.3) is 0 Å². The Labute approximate surface area is 192 Å². The van der Waals surface area contributed by atoms with Crippen LogP contribution in [0, 0.1) is 0 Å². The van der Waals surface area contributed by atoms with Gasteiger partial charge in [-0.3, -0.25) is 4.79 Å². The molecule has 174 valence electrons. The Morgan fingerprint density at radius 3 is 2.64 bits per heavy atom. The van der Waals surface area contributed by atoms with Crippen molar-refractivity contribution in [1.29, 1.82) is 0 Å². The Bertz CT molecular complexity index is 1200. The van der Waals surface area contributed by atoms with Gasteiger partial charge in [0.15, 0.2) is 0 Å². The first-order valence-corrected chi connectivity index (χ1v) is 12.2. The van der Waals surface area contributed by atoms with Crippen LogP contribution in [-0.2, 0) is 27.8 Å². The smallest absolute Gasteiger partial charge is 0.246 e. The molecular weight excluding hydrogens is 444 g/mol. The topological polar surface area (TPSA) is 115 Å². The number of carbonyl (C=O) groups excluding carboxylic acids is 1. The van der Waals surface area contributed by atoms with Gasteiger partial charge in [-0.2, -0.15) is 9.29 Å². The zero-order chi connectivity index (χ0) is 23.3. The SMILES string of the molecule is COc1ccc(S(=O)(=O)N2CCCC2)cc1CCC(=O)NCc1nc(-c2ccccc2)no1. The summed E-state index contributed by atoms with van der Waals surface area (Å²) in [6, 6.07) is 14.2. The normalized spacial score (nSPS) is 14.3. The fourth-order valence-electron chi connectivity index (χ4n) is 3.73. The summed E-state index contributed by atoms with van der Waals surface area (Å²) in [4.78, 5) is 16.9. The average Bonchev–Trinajstić information content (AvgIpc) is 3.55. The lowest BCUT2D eigenvalue weighted by Crippen LogP contribution is -2.28. The summed E-state index contributed by atoms with van der Waals surface area (Å²) in [5.74, 6) is 1.09. The molecule has 1 N–H and O–H groups in total. The molecule has 33 heavy (non-hydrogen) atoms. The van der Waals surface area contributed by atoms with Gasteiger partial charge in [-0.25, -0.2) is 8.42 Å². The number of sulfonamides is 1. The average molecular weight is 471 g/mol. The van der Waals surface area contributed by atoms with E-state index in [-0.39, 0.29) is 23.8 Å². The van der Waals surface area contributed by atoms with Crippen molar-refractivity contribution in [2.45, 2.75) is 37.1 Å². The lowest BCUT2D eigenvalue weighted by atomic mass is 10.1. The van der Waals surface area contributed by atoms with Crippen molar-refractivity contribution in [3.05, 3.63) is 60.0 Å². The number of aryl methyl sites for hydroxylation is 1. The summed E-state index contributed by atoms with van der Waals surface area (Å²) >= 11 is 0. The molecule has 0 aliphatic carbocycles. The third-order valence-corrected chi connectivity index (χ3v) is 7.41. The molecular formula is C23H26N4O5S. The minimum absolute atomic E-state index is 0.110. The van der Waals surface area contributed by atoms with Crippen LogP contribution in [0.2, 0.25) is 0 Å². The molecule has 2 heterocycles. The van der Waals surface area contributed by atoms with Gasteiger partial charge in [0.05, 0.1) is 18.6 Å². The van der Waals surface area contributed by atoms with Crippen LogP contribution in [0.1, 0.15) is 30.7 Å². The second kappa shape index (κ2) is 10.1. The maximum Gasteiger partial charge on any atom is 0.246 e. The summed E-state index contributed by atoms with van der Waals surface area (Å²) in [6.07, 6.45) is 2.23. The van der Waals surface area contributed by atoms with E-state index in [0.29, 0.717) is 42.5 Å². The van der Waals surface area contributed by atoms with E-state index >= 15 is 0 Å². The highest BCUT2D eigenvalue weighted by Gasteiger charge is 2.27. The van der Waals surface area contributed by atoms with Crippen molar-refractivity contribution >= 4 is 15.9 Å². The van der Waals surface area contributed by atoms with Crippen LogP contribution in [0.5, 0.6) is 5.75 Å².